The quantitative estimate of drug-likeness (QED) is 0.707. The smallest absolute Gasteiger partial charge is 0.212 e. The number of pyridine rings is 2. The van der Waals surface area contributed by atoms with Gasteiger partial charge in [-0.05, 0) is 24.3 Å². The Hall–Kier alpha value is -3.09. The summed E-state index contributed by atoms with van der Waals surface area (Å²) in [5, 5.41) is 19.0. The van der Waals surface area contributed by atoms with Gasteiger partial charge < -0.3 is 14.9 Å². The highest BCUT2D eigenvalue weighted by Crippen LogP contribution is 2.21. The van der Waals surface area contributed by atoms with Crippen LogP contribution in [-0.4, -0.2) is 31.4 Å². The van der Waals surface area contributed by atoms with E-state index in [1.807, 2.05) is 0 Å². The first kappa shape index (κ1) is 14.8. The maximum atomic E-state index is 12.8. The van der Waals surface area contributed by atoms with E-state index >= 15 is 0 Å². The van der Waals surface area contributed by atoms with Crippen molar-refractivity contribution in [3.8, 4) is 28.8 Å². The molecule has 0 bridgehead atoms. The number of nitrogens with zero attached hydrogens (tertiary/aromatic N) is 3. The minimum atomic E-state index is -0.537. The monoisotopic (exact) mass is 315 g/mol. The van der Waals surface area contributed by atoms with Crippen molar-refractivity contribution in [1.29, 1.82) is 0 Å². The van der Waals surface area contributed by atoms with Crippen LogP contribution in [0.5, 0.6) is 17.5 Å². The maximum Gasteiger partial charge on any atom is 0.212 e. The van der Waals surface area contributed by atoms with Gasteiger partial charge in [-0.2, -0.15) is 4.39 Å². The molecule has 3 aromatic rings. The Bertz CT molecular complexity index is 766. The predicted octanol–water partition coefficient (Wildman–Crippen LogP) is 2.57. The first-order chi connectivity index (χ1) is 11.1. The molecule has 0 aliphatic rings. The SMILES string of the molecule is Oc1ccc(O)n1CCOc1ccc(-c2ccc(F)nc2)nc1. The van der Waals surface area contributed by atoms with Crippen molar-refractivity contribution < 1.29 is 19.3 Å². The van der Waals surface area contributed by atoms with E-state index in [9.17, 15) is 14.6 Å². The summed E-state index contributed by atoms with van der Waals surface area (Å²) in [5.41, 5.74) is 1.37. The predicted molar refractivity (Wildman–Crippen MR) is 80.7 cm³/mol. The average Bonchev–Trinajstić information content (AvgIpc) is 2.88. The van der Waals surface area contributed by atoms with E-state index < -0.39 is 5.95 Å². The summed E-state index contributed by atoms with van der Waals surface area (Å²) in [5.74, 6) is -0.0352. The van der Waals surface area contributed by atoms with E-state index in [1.54, 1.807) is 24.4 Å². The third-order valence-corrected chi connectivity index (χ3v) is 3.28. The summed E-state index contributed by atoms with van der Waals surface area (Å²) in [4.78, 5) is 7.82. The lowest BCUT2D eigenvalue weighted by molar-refractivity contribution is 0.274. The van der Waals surface area contributed by atoms with Crippen LogP contribution in [0, 0.1) is 5.95 Å². The molecule has 0 aliphatic heterocycles. The minimum absolute atomic E-state index is 0.0246. The molecule has 3 aromatic heterocycles. The van der Waals surface area contributed by atoms with Crippen LogP contribution in [0.25, 0.3) is 11.3 Å². The largest absolute Gasteiger partial charge is 0.494 e. The Labute approximate surface area is 131 Å². The molecule has 0 saturated carbocycles. The molecule has 0 aromatic carbocycles. The zero-order valence-electron chi connectivity index (χ0n) is 12.1. The molecule has 2 N–H and O–H groups in total. The highest BCUT2D eigenvalue weighted by molar-refractivity contribution is 5.57. The number of aromatic nitrogens is 3. The van der Waals surface area contributed by atoms with E-state index in [1.165, 1.54) is 29.0 Å². The van der Waals surface area contributed by atoms with Gasteiger partial charge in [0.25, 0.3) is 0 Å². The van der Waals surface area contributed by atoms with Gasteiger partial charge in [-0.1, -0.05) is 0 Å². The molecule has 0 saturated heterocycles. The molecule has 6 nitrogen and oxygen atoms in total. The molecule has 0 radical (unpaired) electrons. The lowest BCUT2D eigenvalue weighted by Gasteiger charge is -2.09. The summed E-state index contributed by atoms with van der Waals surface area (Å²) >= 11 is 0. The number of halogens is 1. The van der Waals surface area contributed by atoms with Gasteiger partial charge in [-0.15, -0.1) is 0 Å². The van der Waals surface area contributed by atoms with Crippen LogP contribution in [0.1, 0.15) is 0 Å². The van der Waals surface area contributed by atoms with Gasteiger partial charge >= 0.3 is 0 Å². The van der Waals surface area contributed by atoms with Crippen molar-refractivity contribution in [2.24, 2.45) is 0 Å². The maximum absolute atomic E-state index is 12.8. The van der Waals surface area contributed by atoms with Gasteiger partial charge in [0.15, 0.2) is 11.8 Å². The Morgan fingerprint density at radius 2 is 1.74 bits per heavy atom. The second-order valence-electron chi connectivity index (χ2n) is 4.80. The van der Waals surface area contributed by atoms with Gasteiger partial charge in [-0.25, -0.2) is 4.98 Å². The van der Waals surface area contributed by atoms with Crippen molar-refractivity contribution >= 4 is 0 Å². The number of rotatable bonds is 5. The van der Waals surface area contributed by atoms with Gasteiger partial charge in [0.05, 0.1) is 18.4 Å². The van der Waals surface area contributed by atoms with Crippen LogP contribution in [0.15, 0.2) is 48.8 Å². The molecule has 23 heavy (non-hydrogen) atoms. The molecule has 3 rings (SSSR count). The Balaban J connectivity index is 1.60. The lowest BCUT2D eigenvalue weighted by atomic mass is 10.2. The van der Waals surface area contributed by atoms with Gasteiger partial charge in [0.2, 0.25) is 5.95 Å². The summed E-state index contributed by atoms with van der Waals surface area (Å²) in [7, 11) is 0. The standard InChI is InChI=1S/C16H14FN3O3/c17-14-4-1-11(9-19-14)13-3-2-12(10-18-13)23-8-7-20-15(21)5-6-16(20)22/h1-6,9-10,21-22H,7-8H2. The van der Waals surface area contributed by atoms with Crippen LogP contribution in [0.3, 0.4) is 0 Å². The molecule has 0 spiro atoms. The van der Waals surface area contributed by atoms with Gasteiger partial charge in [-0.3, -0.25) is 9.55 Å². The molecule has 7 heteroatoms. The highest BCUT2D eigenvalue weighted by Gasteiger charge is 2.06. The molecule has 0 aliphatic carbocycles. The summed E-state index contributed by atoms with van der Waals surface area (Å²) in [6, 6.07) is 9.17. The van der Waals surface area contributed by atoms with E-state index in [2.05, 4.69) is 9.97 Å². The fourth-order valence-electron chi connectivity index (χ4n) is 2.09. The summed E-state index contributed by atoms with van der Waals surface area (Å²) < 4.78 is 19.6. The van der Waals surface area contributed by atoms with Crippen molar-refractivity contribution in [3.63, 3.8) is 0 Å². The number of hydrogen-bond donors (Lipinski definition) is 2. The van der Waals surface area contributed by atoms with Crippen LogP contribution >= 0.6 is 0 Å². The van der Waals surface area contributed by atoms with Crippen molar-refractivity contribution in [3.05, 3.63) is 54.7 Å². The average molecular weight is 315 g/mol. The van der Waals surface area contributed by atoms with E-state index in [-0.39, 0.29) is 18.4 Å². The zero-order valence-corrected chi connectivity index (χ0v) is 12.1. The van der Waals surface area contributed by atoms with Crippen LogP contribution in [0.4, 0.5) is 4.39 Å². The molecule has 0 amide bonds. The van der Waals surface area contributed by atoms with Crippen LogP contribution < -0.4 is 4.74 Å². The minimum Gasteiger partial charge on any atom is -0.494 e. The topological polar surface area (TPSA) is 80.4 Å². The normalized spacial score (nSPS) is 10.7. The molecule has 0 atom stereocenters. The van der Waals surface area contributed by atoms with Gasteiger partial charge in [0, 0.05) is 23.9 Å². The van der Waals surface area contributed by atoms with Crippen LogP contribution in [0.2, 0.25) is 0 Å². The molecule has 118 valence electrons. The fraction of sp³-hybridized carbons (Fsp3) is 0.125. The summed E-state index contributed by atoms with van der Waals surface area (Å²) in [6.07, 6.45) is 2.96. The molecule has 0 unspecified atom stereocenters. The third-order valence-electron chi connectivity index (χ3n) is 3.28. The number of ether oxygens (including phenoxy) is 1. The first-order valence-electron chi connectivity index (χ1n) is 6.92. The number of hydrogen-bond acceptors (Lipinski definition) is 5. The molecular weight excluding hydrogens is 301 g/mol. The highest BCUT2D eigenvalue weighted by atomic mass is 19.1. The zero-order chi connectivity index (χ0) is 16.2. The van der Waals surface area contributed by atoms with E-state index in [0.29, 0.717) is 23.6 Å². The van der Waals surface area contributed by atoms with E-state index in [0.717, 1.165) is 0 Å². The van der Waals surface area contributed by atoms with Crippen molar-refractivity contribution in [2.45, 2.75) is 6.54 Å². The summed E-state index contributed by atoms with van der Waals surface area (Å²) in [6.45, 7) is 0.559. The van der Waals surface area contributed by atoms with E-state index in [4.69, 9.17) is 4.74 Å². The van der Waals surface area contributed by atoms with Crippen molar-refractivity contribution in [1.82, 2.24) is 14.5 Å². The molecule has 3 heterocycles. The van der Waals surface area contributed by atoms with Crippen LogP contribution in [-0.2, 0) is 6.54 Å². The van der Waals surface area contributed by atoms with Gasteiger partial charge in [0.1, 0.15) is 12.4 Å². The number of aromatic hydroxyl groups is 2. The molecular formula is C16H14FN3O3. The lowest BCUT2D eigenvalue weighted by Crippen LogP contribution is -2.07. The van der Waals surface area contributed by atoms with Crippen molar-refractivity contribution in [2.75, 3.05) is 6.61 Å². The Morgan fingerprint density at radius 3 is 2.35 bits per heavy atom. The third kappa shape index (κ3) is 3.39. The Kier molecular flexibility index (Phi) is 4.09. The Morgan fingerprint density at radius 1 is 0.957 bits per heavy atom. The fourth-order valence-corrected chi connectivity index (χ4v) is 2.09. The molecule has 0 fully saturated rings. The second kappa shape index (κ2) is 6.35. The second-order valence-corrected chi connectivity index (χ2v) is 4.80. The first-order valence-corrected chi connectivity index (χ1v) is 6.92.